The molecule has 2 unspecified atom stereocenters. The molecule has 2 aromatic carbocycles. The van der Waals surface area contributed by atoms with E-state index in [1.807, 2.05) is 19.1 Å². The molecule has 6 rings (SSSR count). The minimum absolute atomic E-state index is 0.173. The predicted molar refractivity (Wildman–Crippen MR) is 138 cm³/mol. The summed E-state index contributed by atoms with van der Waals surface area (Å²) in [6.45, 7) is 6.65. The molecule has 3 N–H and O–H groups in total. The largest absolute Gasteiger partial charge is 0.508 e. The zero-order valence-corrected chi connectivity index (χ0v) is 20.1. The van der Waals surface area contributed by atoms with Gasteiger partial charge in [-0.1, -0.05) is 51.3 Å². The molecule has 0 saturated heterocycles. The second kappa shape index (κ2) is 7.76. The fourth-order valence-corrected chi connectivity index (χ4v) is 6.98. The number of aromatic nitrogens is 1. The molecule has 1 aromatic heterocycles. The van der Waals surface area contributed by atoms with Crippen LogP contribution >= 0.6 is 0 Å². The van der Waals surface area contributed by atoms with Gasteiger partial charge in [-0.3, -0.25) is 4.79 Å². The van der Waals surface area contributed by atoms with Crippen LogP contribution in [0.15, 0.2) is 43.0 Å². The first-order chi connectivity index (χ1) is 16.4. The fraction of sp³-hybridized carbons (Fsp3) is 0.433. The Balaban J connectivity index is 1.69. The van der Waals surface area contributed by atoms with E-state index in [1.165, 1.54) is 60.7 Å². The maximum atomic E-state index is 13.3. The zero-order chi connectivity index (χ0) is 23.6. The van der Waals surface area contributed by atoms with Crippen LogP contribution in [0.5, 0.6) is 5.75 Å². The van der Waals surface area contributed by atoms with Crippen LogP contribution in [0.25, 0.3) is 27.9 Å². The summed E-state index contributed by atoms with van der Waals surface area (Å²) in [7, 11) is 0. The SMILES string of the molecule is C=C(N)c1ccc2c(C3CCCCCC3)c3n(c2c1)CC1(C(=O)CC)CC1c1cc(O)ccc1-3. The molecule has 3 aliphatic rings. The number of Topliss-reactive ketones (excluding diaryl/α,β-unsaturated/α-hetero) is 1. The number of rotatable bonds is 4. The summed E-state index contributed by atoms with van der Waals surface area (Å²) in [5.41, 5.74) is 13.4. The Bertz CT molecular complexity index is 1330. The molecule has 2 saturated carbocycles. The number of aromatic hydroxyl groups is 1. The van der Waals surface area contributed by atoms with Crippen molar-refractivity contribution in [2.75, 3.05) is 0 Å². The highest BCUT2D eigenvalue weighted by atomic mass is 16.3. The number of ketones is 1. The first-order valence-corrected chi connectivity index (χ1v) is 12.9. The van der Waals surface area contributed by atoms with Gasteiger partial charge in [0.15, 0.2) is 0 Å². The summed E-state index contributed by atoms with van der Waals surface area (Å²) in [6, 6.07) is 12.3. The maximum Gasteiger partial charge on any atom is 0.141 e. The molecule has 2 atom stereocenters. The number of benzene rings is 2. The van der Waals surface area contributed by atoms with E-state index >= 15 is 0 Å². The van der Waals surface area contributed by atoms with E-state index in [1.54, 1.807) is 0 Å². The Kier molecular flexibility index (Phi) is 4.91. The Morgan fingerprint density at radius 1 is 1.15 bits per heavy atom. The van der Waals surface area contributed by atoms with Crippen molar-refractivity contribution >= 4 is 22.4 Å². The molecule has 4 nitrogen and oxygen atoms in total. The Hall–Kier alpha value is -3.01. The van der Waals surface area contributed by atoms with Crippen molar-refractivity contribution in [1.82, 2.24) is 4.57 Å². The topological polar surface area (TPSA) is 68.2 Å². The van der Waals surface area contributed by atoms with E-state index in [9.17, 15) is 9.90 Å². The lowest BCUT2D eigenvalue weighted by Gasteiger charge is -2.20. The summed E-state index contributed by atoms with van der Waals surface area (Å²) in [5.74, 6) is 1.29. The smallest absolute Gasteiger partial charge is 0.141 e. The van der Waals surface area contributed by atoms with Crippen LogP contribution in [0.4, 0.5) is 0 Å². The van der Waals surface area contributed by atoms with E-state index in [4.69, 9.17) is 5.73 Å². The highest BCUT2D eigenvalue weighted by Crippen LogP contribution is 2.66. The van der Waals surface area contributed by atoms with Gasteiger partial charge in [0.2, 0.25) is 0 Å². The Labute approximate surface area is 201 Å². The number of carbonyl (C=O) groups is 1. The van der Waals surface area contributed by atoms with E-state index in [0.29, 0.717) is 30.4 Å². The Morgan fingerprint density at radius 2 is 1.91 bits per heavy atom. The number of hydrogen-bond acceptors (Lipinski definition) is 3. The molecule has 1 aliphatic heterocycles. The summed E-state index contributed by atoms with van der Waals surface area (Å²) >= 11 is 0. The van der Waals surface area contributed by atoms with Crippen molar-refractivity contribution in [1.29, 1.82) is 0 Å². The molecule has 2 aliphatic carbocycles. The van der Waals surface area contributed by atoms with Crippen molar-refractivity contribution in [3.8, 4) is 17.0 Å². The van der Waals surface area contributed by atoms with Crippen molar-refractivity contribution in [2.45, 2.75) is 76.7 Å². The molecule has 2 heterocycles. The first-order valence-electron chi connectivity index (χ1n) is 12.9. The lowest BCUT2D eigenvalue weighted by molar-refractivity contribution is -0.124. The maximum absolute atomic E-state index is 13.3. The van der Waals surface area contributed by atoms with Crippen LogP contribution < -0.4 is 5.73 Å². The van der Waals surface area contributed by atoms with E-state index < -0.39 is 0 Å². The van der Waals surface area contributed by atoms with Gasteiger partial charge in [0.05, 0.1) is 11.1 Å². The summed E-state index contributed by atoms with van der Waals surface area (Å²) in [6.07, 6.45) is 8.94. The molecule has 4 heteroatoms. The van der Waals surface area contributed by atoms with Crippen LogP contribution in [-0.2, 0) is 11.3 Å². The zero-order valence-electron chi connectivity index (χ0n) is 20.1. The van der Waals surface area contributed by atoms with Gasteiger partial charge < -0.3 is 15.4 Å². The average Bonchev–Trinajstić information content (AvgIpc) is 3.56. The summed E-state index contributed by atoms with van der Waals surface area (Å²) in [4.78, 5) is 13.3. The number of phenolic OH excluding ortho intramolecular Hbond substituents is 1. The minimum atomic E-state index is -0.384. The van der Waals surface area contributed by atoms with Gasteiger partial charge in [-0.15, -0.1) is 0 Å². The number of nitrogens with two attached hydrogens (primary N) is 1. The van der Waals surface area contributed by atoms with Gasteiger partial charge in [0.1, 0.15) is 11.5 Å². The summed E-state index contributed by atoms with van der Waals surface area (Å²) in [5, 5.41) is 11.7. The average molecular weight is 455 g/mol. The van der Waals surface area contributed by atoms with E-state index in [0.717, 1.165) is 23.1 Å². The van der Waals surface area contributed by atoms with Crippen LogP contribution in [-0.4, -0.2) is 15.5 Å². The van der Waals surface area contributed by atoms with E-state index in [-0.39, 0.29) is 17.1 Å². The number of carbonyl (C=O) groups excluding carboxylic acids is 1. The van der Waals surface area contributed by atoms with Crippen LogP contribution in [0.3, 0.4) is 0 Å². The van der Waals surface area contributed by atoms with Gasteiger partial charge in [-0.05, 0) is 66.1 Å². The van der Waals surface area contributed by atoms with Crippen molar-refractivity contribution in [3.05, 3.63) is 59.7 Å². The van der Waals surface area contributed by atoms with Crippen molar-refractivity contribution in [3.63, 3.8) is 0 Å². The molecular weight excluding hydrogens is 420 g/mol. The molecule has 0 radical (unpaired) electrons. The fourth-order valence-electron chi connectivity index (χ4n) is 6.98. The van der Waals surface area contributed by atoms with E-state index in [2.05, 4.69) is 35.4 Å². The Morgan fingerprint density at radius 3 is 2.62 bits per heavy atom. The molecular formula is C30H34N2O2. The predicted octanol–water partition coefficient (Wildman–Crippen LogP) is 6.85. The number of hydrogen-bond donors (Lipinski definition) is 2. The van der Waals surface area contributed by atoms with Gasteiger partial charge in [-0.2, -0.15) is 0 Å². The lowest BCUT2D eigenvalue weighted by atomic mass is 9.85. The number of nitrogens with zero attached hydrogens (tertiary/aromatic N) is 1. The minimum Gasteiger partial charge on any atom is -0.508 e. The molecule has 2 fully saturated rings. The lowest BCUT2D eigenvalue weighted by Crippen LogP contribution is -2.22. The monoisotopic (exact) mass is 454 g/mol. The third kappa shape index (κ3) is 3.07. The first kappa shape index (κ1) is 21.5. The van der Waals surface area contributed by atoms with Gasteiger partial charge in [0.25, 0.3) is 0 Å². The van der Waals surface area contributed by atoms with Crippen LogP contribution in [0, 0.1) is 5.41 Å². The van der Waals surface area contributed by atoms with Gasteiger partial charge in [0, 0.05) is 41.0 Å². The molecule has 34 heavy (non-hydrogen) atoms. The van der Waals surface area contributed by atoms with Crippen molar-refractivity contribution < 1.29 is 9.90 Å². The third-order valence-electron chi connectivity index (χ3n) is 8.80. The molecule has 0 bridgehead atoms. The molecule has 3 aromatic rings. The molecule has 0 amide bonds. The van der Waals surface area contributed by atoms with Crippen molar-refractivity contribution in [2.24, 2.45) is 11.1 Å². The normalized spacial score (nSPS) is 24.0. The molecule has 176 valence electrons. The standard InChI is InChI=1S/C30H34N2O2/c1-3-27(34)30-16-25(30)24-15-21(33)11-13-22(24)29-28(19-8-6-4-5-7-9-19)23-12-10-20(18(2)31)14-26(23)32(29)17-30/h10-15,19,25,33H,2-9,16-17,31H2,1H3. The highest BCUT2D eigenvalue weighted by molar-refractivity contribution is 5.97. The third-order valence-corrected chi connectivity index (χ3v) is 8.80. The second-order valence-corrected chi connectivity index (χ2v) is 10.8. The second-order valence-electron chi connectivity index (χ2n) is 10.8. The highest BCUT2D eigenvalue weighted by Gasteiger charge is 2.61. The van der Waals surface area contributed by atoms with Crippen LogP contribution in [0.1, 0.15) is 86.8 Å². The number of phenols is 1. The number of fused-ring (bicyclic) bond motifs is 7. The quantitative estimate of drug-likeness (QED) is 0.424. The summed E-state index contributed by atoms with van der Waals surface area (Å²) < 4.78 is 2.43. The molecule has 0 spiro atoms. The van der Waals surface area contributed by atoms with Gasteiger partial charge in [-0.25, -0.2) is 0 Å². The van der Waals surface area contributed by atoms with Gasteiger partial charge >= 0.3 is 0 Å². The van der Waals surface area contributed by atoms with Crippen LogP contribution in [0.2, 0.25) is 0 Å².